The van der Waals surface area contributed by atoms with Crippen molar-refractivity contribution in [3.05, 3.63) is 63.2 Å². The highest BCUT2D eigenvalue weighted by atomic mass is 35.5. The van der Waals surface area contributed by atoms with Gasteiger partial charge in [0, 0.05) is 55.3 Å². The summed E-state index contributed by atoms with van der Waals surface area (Å²) in [7, 11) is 4.38. The summed E-state index contributed by atoms with van der Waals surface area (Å²) >= 11 is 6.68. The standard InChI is InChI=1S/C39H45ClF3N5O7/c1-38(37(51)55-19-22-8-9-23(52-3)15-30(22)53-4)11-6-5-7-25(38)36(50)48-14-10-24-26(40)16-27(41)34(54-20-28-33(35(42)43)46(2)45-44-28)32(24)29(48)18-47-21-39(12-13-39)17-31(47)49/h8-9,15-16,25,29,35H,5-7,10-14,17-21H2,1-4H3/t25-,29+,38-/m0/s1. The number of amides is 2. The Bertz CT molecular complexity index is 1990. The van der Waals surface area contributed by atoms with E-state index in [1.54, 1.807) is 34.9 Å². The Morgan fingerprint density at radius 2 is 1.87 bits per heavy atom. The highest BCUT2D eigenvalue weighted by Gasteiger charge is 2.54. The van der Waals surface area contributed by atoms with Crippen LogP contribution in [0.25, 0.3) is 0 Å². The van der Waals surface area contributed by atoms with E-state index in [4.69, 9.17) is 30.5 Å². The van der Waals surface area contributed by atoms with Crippen molar-refractivity contribution in [3.8, 4) is 17.2 Å². The van der Waals surface area contributed by atoms with Gasteiger partial charge in [-0.15, -0.1) is 5.10 Å². The lowest BCUT2D eigenvalue weighted by molar-refractivity contribution is -0.169. The third-order valence-electron chi connectivity index (χ3n) is 12.0. The Morgan fingerprint density at radius 1 is 1.09 bits per heavy atom. The molecular formula is C39H45ClF3N5O7. The molecule has 1 aromatic heterocycles. The summed E-state index contributed by atoms with van der Waals surface area (Å²) < 4.78 is 67.5. The predicted octanol–water partition coefficient (Wildman–Crippen LogP) is 6.52. The van der Waals surface area contributed by atoms with E-state index >= 15 is 9.18 Å². The maximum Gasteiger partial charge on any atom is 0.312 e. The maximum atomic E-state index is 16.1. The average molecular weight is 788 g/mol. The first-order chi connectivity index (χ1) is 26.3. The molecule has 3 heterocycles. The Kier molecular flexibility index (Phi) is 10.7. The number of methoxy groups -OCH3 is 2. The van der Waals surface area contributed by atoms with Gasteiger partial charge in [-0.2, -0.15) is 0 Å². The van der Waals surface area contributed by atoms with Crippen LogP contribution in [-0.4, -0.2) is 76.4 Å². The number of alkyl halides is 2. The van der Waals surface area contributed by atoms with E-state index < -0.39 is 47.9 Å². The van der Waals surface area contributed by atoms with E-state index in [-0.39, 0.29) is 65.4 Å². The number of carbonyl (C=O) groups excluding carboxylic acids is 3. The van der Waals surface area contributed by atoms with Crippen LogP contribution in [-0.2, 0) is 45.8 Å². The van der Waals surface area contributed by atoms with Crippen molar-refractivity contribution >= 4 is 29.4 Å². The van der Waals surface area contributed by atoms with Gasteiger partial charge in [0.1, 0.15) is 36.1 Å². The molecule has 4 aliphatic rings. The van der Waals surface area contributed by atoms with E-state index in [0.717, 1.165) is 23.6 Å². The lowest BCUT2D eigenvalue weighted by atomic mass is 9.66. The molecule has 16 heteroatoms. The van der Waals surface area contributed by atoms with Crippen LogP contribution in [0.5, 0.6) is 17.2 Å². The molecular weight excluding hydrogens is 743 g/mol. The van der Waals surface area contributed by atoms with Crippen molar-refractivity contribution in [1.82, 2.24) is 24.8 Å². The van der Waals surface area contributed by atoms with Crippen molar-refractivity contribution in [2.24, 2.45) is 23.8 Å². The smallest absolute Gasteiger partial charge is 0.312 e. The molecule has 12 nitrogen and oxygen atoms in total. The molecule has 1 saturated heterocycles. The van der Waals surface area contributed by atoms with Gasteiger partial charge in [-0.25, -0.2) is 17.9 Å². The zero-order chi connectivity index (χ0) is 39.2. The van der Waals surface area contributed by atoms with Crippen LogP contribution in [0, 0.1) is 22.6 Å². The Balaban J connectivity index is 1.22. The summed E-state index contributed by atoms with van der Waals surface area (Å²) in [6.45, 7) is 1.85. The molecule has 3 aromatic rings. The van der Waals surface area contributed by atoms with Gasteiger partial charge in [-0.1, -0.05) is 29.7 Å². The van der Waals surface area contributed by atoms with E-state index in [1.807, 2.05) is 0 Å². The summed E-state index contributed by atoms with van der Waals surface area (Å²) in [6, 6.07) is 5.38. The highest BCUT2D eigenvalue weighted by molar-refractivity contribution is 6.31. The zero-order valence-corrected chi connectivity index (χ0v) is 32.1. The molecule has 2 saturated carbocycles. The van der Waals surface area contributed by atoms with Crippen molar-refractivity contribution in [1.29, 1.82) is 0 Å². The highest BCUT2D eigenvalue weighted by Crippen LogP contribution is 2.54. The second-order valence-corrected chi connectivity index (χ2v) is 15.8. The van der Waals surface area contributed by atoms with Crippen LogP contribution < -0.4 is 14.2 Å². The number of halogens is 4. The van der Waals surface area contributed by atoms with E-state index in [9.17, 15) is 18.4 Å². The number of likely N-dealkylation sites (tertiary alicyclic amines) is 1. The van der Waals surface area contributed by atoms with Crippen LogP contribution in [0.1, 0.15) is 92.4 Å². The zero-order valence-electron chi connectivity index (χ0n) is 31.3. The first-order valence-electron chi connectivity index (χ1n) is 18.6. The first-order valence-corrected chi connectivity index (χ1v) is 18.9. The number of fused-ring (bicyclic) bond motifs is 1. The van der Waals surface area contributed by atoms with Gasteiger partial charge in [-0.3, -0.25) is 14.4 Å². The largest absolute Gasteiger partial charge is 0.497 e. The van der Waals surface area contributed by atoms with Gasteiger partial charge in [0.25, 0.3) is 6.43 Å². The van der Waals surface area contributed by atoms with Crippen LogP contribution in [0.2, 0.25) is 5.02 Å². The third-order valence-corrected chi connectivity index (χ3v) is 12.3. The Labute approximate surface area is 322 Å². The molecule has 1 spiro atoms. The number of ether oxygens (including phenoxy) is 4. The number of benzene rings is 2. The SMILES string of the molecule is COc1ccc(COC(=O)[C@@]2(C)CCCC[C@H]2C(=O)N2CCc3c(Cl)cc(F)c(OCc4nnn(C)c4C(F)F)c3[C@H]2CN2CC3(CC3)CC2=O)c(OC)c1. The van der Waals surface area contributed by atoms with E-state index in [1.165, 1.54) is 21.3 Å². The molecule has 0 radical (unpaired) electrons. The molecule has 2 aliphatic heterocycles. The molecule has 2 aromatic carbocycles. The molecule has 3 fully saturated rings. The molecule has 55 heavy (non-hydrogen) atoms. The number of aromatic nitrogens is 3. The summed E-state index contributed by atoms with van der Waals surface area (Å²) in [5.74, 6) is -1.76. The van der Waals surface area contributed by atoms with E-state index in [2.05, 4.69) is 10.3 Å². The lowest BCUT2D eigenvalue weighted by Crippen LogP contribution is -2.53. The van der Waals surface area contributed by atoms with Gasteiger partial charge < -0.3 is 28.7 Å². The number of aryl methyl sites for hydroxylation is 1. The number of hydrogen-bond acceptors (Lipinski definition) is 9. The van der Waals surface area contributed by atoms with Crippen molar-refractivity contribution < 1.29 is 46.5 Å². The second kappa shape index (κ2) is 15.2. The van der Waals surface area contributed by atoms with Gasteiger partial charge in [0.2, 0.25) is 11.8 Å². The maximum absolute atomic E-state index is 16.1. The summed E-state index contributed by atoms with van der Waals surface area (Å²) in [5, 5.41) is 7.63. The molecule has 3 atom stereocenters. The number of carbonyl (C=O) groups is 3. The predicted molar refractivity (Wildman–Crippen MR) is 192 cm³/mol. The van der Waals surface area contributed by atoms with E-state index in [0.29, 0.717) is 61.3 Å². The topological polar surface area (TPSA) is 125 Å². The fraction of sp³-hybridized carbons (Fsp3) is 0.564. The molecule has 0 N–H and O–H groups in total. The molecule has 0 bridgehead atoms. The van der Waals surface area contributed by atoms with Gasteiger partial charge in [0.05, 0.1) is 31.6 Å². The fourth-order valence-corrected chi connectivity index (χ4v) is 8.94. The fourth-order valence-electron chi connectivity index (χ4n) is 8.65. The molecule has 2 aliphatic carbocycles. The first kappa shape index (κ1) is 38.7. The van der Waals surface area contributed by atoms with Crippen LogP contribution in [0.3, 0.4) is 0 Å². The minimum atomic E-state index is -2.91. The Morgan fingerprint density at radius 3 is 2.56 bits per heavy atom. The molecule has 7 rings (SSSR count). The van der Waals surface area contributed by atoms with Crippen LogP contribution in [0.4, 0.5) is 13.2 Å². The van der Waals surface area contributed by atoms with Crippen LogP contribution >= 0.6 is 11.6 Å². The number of nitrogens with zero attached hydrogens (tertiary/aromatic N) is 5. The van der Waals surface area contributed by atoms with Crippen LogP contribution in [0.15, 0.2) is 24.3 Å². The molecule has 296 valence electrons. The molecule has 2 amide bonds. The summed E-state index contributed by atoms with van der Waals surface area (Å²) in [6.07, 6.45) is 1.78. The van der Waals surface area contributed by atoms with Crippen molar-refractivity contribution in [2.75, 3.05) is 33.9 Å². The second-order valence-electron chi connectivity index (χ2n) is 15.4. The number of hydrogen-bond donors (Lipinski definition) is 0. The number of rotatable bonds is 12. The van der Waals surface area contributed by atoms with Crippen molar-refractivity contribution in [3.63, 3.8) is 0 Å². The normalized spacial score (nSPS) is 22.9. The molecule has 0 unspecified atom stereocenters. The monoisotopic (exact) mass is 787 g/mol. The lowest BCUT2D eigenvalue weighted by Gasteiger charge is -2.45. The number of esters is 1. The van der Waals surface area contributed by atoms with Gasteiger partial charge in [0.15, 0.2) is 11.6 Å². The average Bonchev–Trinajstić information content (AvgIpc) is 3.70. The summed E-state index contributed by atoms with van der Waals surface area (Å²) in [4.78, 5) is 45.8. The van der Waals surface area contributed by atoms with Gasteiger partial charge in [-0.05, 0) is 68.2 Å². The summed E-state index contributed by atoms with van der Waals surface area (Å²) in [5.41, 5.74) is -0.506. The minimum absolute atomic E-state index is 0.0358. The third kappa shape index (κ3) is 7.31. The Hall–Kier alpha value is -4.53. The van der Waals surface area contributed by atoms with Gasteiger partial charge >= 0.3 is 5.97 Å². The van der Waals surface area contributed by atoms with Crippen molar-refractivity contribution in [2.45, 2.75) is 84.0 Å². The minimum Gasteiger partial charge on any atom is -0.497 e. The quantitative estimate of drug-likeness (QED) is 0.189.